The van der Waals surface area contributed by atoms with Gasteiger partial charge in [-0.3, -0.25) is 4.90 Å². The van der Waals surface area contributed by atoms with Gasteiger partial charge in [0.1, 0.15) is 5.60 Å². The average molecular weight is 310 g/mol. The van der Waals surface area contributed by atoms with Gasteiger partial charge >= 0.3 is 6.09 Å². The maximum atomic E-state index is 14.2. The molecule has 0 aromatic rings. The van der Waals surface area contributed by atoms with Crippen LogP contribution in [0.25, 0.3) is 0 Å². The second-order valence-electron chi connectivity index (χ2n) is 6.96. The number of alkyl halides is 3. The zero-order valence-corrected chi connectivity index (χ0v) is 13.3. The van der Waals surface area contributed by atoms with Crippen LogP contribution in [0.1, 0.15) is 34.6 Å². The third kappa shape index (κ3) is 4.76. The second-order valence-corrected chi connectivity index (χ2v) is 6.96. The zero-order chi connectivity index (χ0) is 16.4. The minimum atomic E-state index is -2.74. The molecule has 0 spiro atoms. The van der Waals surface area contributed by atoms with Gasteiger partial charge in [-0.1, -0.05) is 13.8 Å². The van der Waals surface area contributed by atoms with Gasteiger partial charge in [-0.05, 0) is 20.8 Å². The highest BCUT2D eigenvalue weighted by Gasteiger charge is 2.43. The Kier molecular flexibility index (Phi) is 5.52. The lowest BCUT2D eigenvalue weighted by atomic mass is 9.91. The summed E-state index contributed by atoms with van der Waals surface area (Å²) in [6.45, 7) is 8.71. The number of halogens is 3. The van der Waals surface area contributed by atoms with E-state index in [1.165, 1.54) is 23.6 Å². The fourth-order valence-corrected chi connectivity index (χ4v) is 2.03. The summed E-state index contributed by atoms with van der Waals surface area (Å²) in [5.41, 5.74) is -2.32. The van der Waals surface area contributed by atoms with Crippen LogP contribution in [0.4, 0.5) is 18.0 Å². The number of nitrogens with zero attached hydrogens (tertiary/aromatic N) is 2. The molecule has 0 saturated carbocycles. The van der Waals surface area contributed by atoms with Crippen LogP contribution in [0.5, 0.6) is 0 Å². The molecular formula is C14H25F3N2O2. The van der Waals surface area contributed by atoms with Gasteiger partial charge in [0.15, 0.2) is 6.30 Å². The molecule has 1 atom stereocenters. The van der Waals surface area contributed by atoms with Gasteiger partial charge in [0.05, 0.1) is 5.41 Å². The summed E-state index contributed by atoms with van der Waals surface area (Å²) in [7, 11) is 0. The molecule has 0 aromatic carbocycles. The first-order chi connectivity index (χ1) is 9.45. The van der Waals surface area contributed by atoms with Crippen LogP contribution in [0.2, 0.25) is 0 Å². The van der Waals surface area contributed by atoms with Crippen molar-refractivity contribution in [2.45, 2.75) is 52.9 Å². The summed E-state index contributed by atoms with van der Waals surface area (Å²) in [6.07, 6.45) is -4.93. The topological polar surface area (TPSA) is 32.8 Å². The largest absolute Gasteiger partial charge is 0.444 e. The van der Waals surface area contributed by atoms with Gasteiger partial charge in [-0.15, -0.1) is 0 Å². The fourth-order valence-electron chi connectivity index (χ4n) is 2.03. The lowest BCUT2D eigenvalue weighted by Gasteiger charge is -2.41. The van der Waals surface area contributed by atoms with E-state index in [0.29, 0.717) is 0 Å². The van der Waals surface area contributed by atoms with Crippen LogP contribution in [-0.2, 0) is 4.74 Å². The van der Waals surface area contributed by atoms with Gasteiger partial charge in [0, 0.05) is 26.2 Å². The maximum Gasteiger partial charge on any atom is 0.410 e. The monoisotopic (exact) mass is 310 g/mol. The van der Waals surface area contributed by atoms with E-state index >= 15 is 0 Å². The van der Waals surface area contributed by atoms with Crippen molar-refractivity contribution in [1.29, 1.82) is 0 Å². The second kappa shape index (κ2) is 6.42. The summed E-state index contributed by atoms with van der Waals surface area (Å²) < 4.78 is 45.2. The van der Waals surface area contributed by atoms with Crippen molar-refractivity contribution in [3.05, 3.63) is 0 Å². The van der Waals surface area contributed by atoms with E-state index in [0.717, 1.165) is 0 Å². The molecule has 0 radical (unpaired) electrons. The third-order valence-corrected chi connectivity index (χ3v) is 3.46. The highest BCUT2D eigenvalue weighted by molar-refractivity contribution is 5.68. The lowest BCUT2D eigenvalue weighted by Crippen LogP contribution is -2.55. The standard InChI is InChI=1S/C14H25F3N2O2/c1-13(2,3)21-12(20)19-8-6-18(7-9-19)11(17)14(4,5)10(15)16/h10-11H,6-9H2,1-5H3. The SMILES string of the molecule is CC(C)(C)OC(=O)N1CCN(C(F)C(C)(C)C(F)F)CC1. The number of rotatable bonds is 3. The molecule has 1 heterocycles. The summed E-state index contributed by atoms with van der Waals surface area (Å²) in [6, 6.07) is 0. The van der Waals surface area contributed by atoms with E-state index in [4.69, 9.17) is 4.74 Å². The molecule has 1 amide bonds. The first kappa shape index (κ1) is 18.1. The van der Waals surface area contributed by atoms with E-state index in [9.17, 15) is 18.0 Å². The fraction of sp³-hybridized carbons (Fsp3) is 0.929. The Morgan fingerprint density at radius 3 is 1.86 bits per heavy atom. The molecule has 1 rings (SSSR count). The zero-order valence-electron chi connectivity index (χ0n) is 13.3. The van der Waals surface area contributed by atoms with Crippen molar-refractivity contribution < 1.29 is 22.7 Å². The number of ether oxygens (including phenoxy) is 1. The molecular weight excluding hydrogens is 285 g/mol. The molecule has 0 aromatic heterocycles. The molecule has 0 N–H and O–H groups in total. The summed E-state index contributed by atoms with van der Waals surface area (Å²) in [5.74, 6) is 0. The quantitative estimate of drug-likeness (QED) is 0.751. The van der Waals surface area contributed by atoms with Crippen molar-refractivity contribution in [2.24, 2.45) is 5.41 Å². The molecule has 4 nitrogen and oxygen atoms in total. The number of carbonyl (C=O) groups is 1. The van der Waals surface area contributed by atoms with Crippen LogP contribution in [-0.4, -0.2) is 60.4 Å². The predicted octanol–water partition coefficient (Wildman–Crippen LogP) is 3.13. The number of amides is 1. The molecule has 0 bridgehead atoms. The first-order valence-corrected chi connectivity index (χ1v) is 7.09. The van der Waals surface area contributed by atoms with E-state index in [-0.39, 0.29) is 26.2 Å². The highest BCUT2D eigenvalue weighted by Crippen LogP contribution is 2.33. The number of carbonyl (C=O) groups excluding carboxylic acids is 1. The number of piperazine rings is 1. The Hall–Kier alpha value is -0.980. The molecule has 1 fully saturated rings. The molecule has 1 aliphatic heterocycles. The van der Waals surface area contributed by atoms with Gasteiger partial charge < -0.3 is 9.64 Å². The maximum absolute atomic E-state index is 14.2. The number of hydrogen-bond acceptors (Lipinski definition) is 3. The summed E-state index contributed by atoms with van der Waals surface area (Å²) in [4.78, 5) is 14.7. The van der Waals surface area contributed by atoms with E-state index < -0.39 is 29.8 Å². The van der Waals surface area contributed by atoms with Gasteiger partial charge in [0.25, 0.3) is 0 Å². The third-order valence-electron chi connectivity index (χ3n) is 3.46. The number of hydrogen-bond donors (Lipinski definition) is 0. The van der Waals surface area contributed by atoms with Gasteiger partial charge in [-0.25, -0.2) is 18.0 Å². The molecule has 1 unspecified atom stereocenters. The minimum Gasteiger partial charge on any atom is -0.444 e. The smallest absolute Gasteiger partial charge is 0.410 e. The molecule has 0 aliphatic carbocycles. The molecule has 21 heavy (non-hydrogen) atoms. The van der Waals surface area contributed by atoms with Gasteiger partial charge in [-0.2, -0.15) is 0 Å². The Morgan fingerprint density at radius 1 is 1.00 bits per heavy atom. The van der Waals surface area contributed by atoms with E-state index in [1.807, 2.05) is 0 Å². The molecule has 1 aliphatic rings. The lowest BCUT2D eigenvalue weighted by molar-refractivity contribution is -0.108. The molecule has 7 heteroatoms. The van der Waals surface area contributed by atoms with Crippen LogP contribution < -0.4 is 0 Å². The van der Waals surface area contributed by atoms with Crippen molar-refractivity contribution in [1.82, 2.24) is 9.80 Å². The Morgan fingerprint density at radius 2 is 1.48 bits per heavy atom. The first-order valence-electron chi connectivity index (χ1n) is 7.09. The van der Waals surface area contributed by atoms with Gasteiger partial charge in [0.2, 0.25) is 6.43 Å². The van der Waals surface area contributed by atoms with Crippen LogP contribution >= 0.6 is 0 Å². The average Bonchev–Trinajstić information content (AvgIpc) is 2.35. The normalized spacial score (nSPS) is 19.8. The summed E-state index contributed by atoms with van der Waals surface area (Å²) >= 11 is 0. The van der Waals surface area contributed by atoms with Crippen LogP contribution in [0, 0.1) is 5.41 Å². The highest BCUT2D eigenvalue weighted by atomic mass is 19.3. The minimum absolute atomic E-state index is 0.219. The van der Waals surface area contributed by atoms with Crippen molar-refractivity contribution in [3.63, 3.8) is 0 Å². The Bertz CT molecular complexity index is 362. The van der Waals surface area contributed by atoms with Crippen molar-refractivity contribution in [2.75, 3.05) is 26.2 Å². The summed E-state index contributed by atoms with van der Waals surface area (Å²) in [5, 5.41) is 0. The van der Waals surface area contributed by atoms with Crippen LogP contribution in [0.3, 0.4) is 0 Å². The Labute approximate surface area is 124 Å². The van der Waals surface area contributed by atoms with Crippen molar-refractivity contribution >= 4 is 6.09 Å². The van der Waals surface area contributed by atoms with E-state index in [2.05, 4.69) is 0 Å². The molecule has 124 valence electrons. The molecule has 1 saturated heterocycles. The Balaban J connectivity index is 2.54. The predicted molar refractivity (Wildman–Crippen MR) is 74.1 cm³/mol. The van der Waals surface area contributed by atoms with Crippen LogP contribution in [0.15, 0.2) is 0 Å². The van der Waals surface area contributed by atoms with E-state index in [1.54, 1.807) is 20.8 Å². The van der Waals surface area contributed by atoms with Crippen molar-refractivity contribution in [3.8, 4) is 0 Å².